The molecule has 4 rings (SSSR count). The summed E-state index contributed by atoms with van der Waals surface area (Å²) in [5.41, 5.74) is 2.43. The van der Waals surface area contributed by atoms with Gasteiger partial charge in [0, 0.05) is 18.2 Å². The Morgan fingerprint density at radius 1 is 1.05 bits per heavy atom. The Kier molecular flexibility index (Phi) is 10.4. The molecule has 0 spiro atoms. The van der Waals surface area contributed by atoms with E-state index in [1.165, 1.54) is 44.9 Å². The molecule has 0 bridgehead atoms. The molecular weight excluding hydrogens is 532 g/mol. The summed E-state index contributed by atoms with van der Waals surface area (Å²) < 4.78 is 5.99. The number of carbonyl (C=O) groups is 1. The standard InChI is InChI=1S/C35H57BrO2/c1-7-26(24(2)3)13-12-25(4)30-16-17-31-29-15-14-27-23-28(38-33(37)11-9-8-10-22-36)18-20-34(27,5)32(29)19-21-35(30,31)6/h12-14,24-26,28-32H,7-11,15-23H2,1-6H3/b13-12+/t25-,26-,28+,29+,30-,31+,32+,34+,35-/m1/s1. The molecule has 0 radical (unpaired) electrons. The molecule has 38 heavy (non-hydrogen) atoms. The number of hydrogen-bond donors (Lipinski definition) is 0. The Bertz CT molecular complexity index is 860. The van der Waals surface area contributed by atoms with Gasteiger partial charge in [-0.25, -0.2) is 0 Å². The maximum atomic E-state index is 12.5. The first-order chi connectivity index (χ1) is 18.1. The Morgan fingerprint density at radius 2 is 1.84 bits per heavy atom. The van der Waals surface area contributed by atoms with Gasteiger partial charge in [-0.05, 0) is 116 Å². The van der Waals surface area contributed by atoms with Crippen molar-refractivity contribution in [1.82, 2.24) is 0 Å². The van der Waals surface area contributed by atoms with Gasteiger partial charge in [-0.2, -0.15) is 0 Å². The highest BCUT2D eigenvalue weighted by molar-refractivity contribution is 9.09. The largest absolute Gasteiger partial charge is 0.462 e. The molecule has 3 saturated carbocycles. The van der Waals surface area contributed by atoms with Crippen LogP contribution in [0, 0.1) is 52.3 Å². The number of rotatable bonds is 11. The SMILES string of the molecule is CC[C@H](/C=C/[C@@H](C)[C@H]1CC[C@H]2[C@@H]3CC=C4C[C@@H](OC(=O)CCCCCBr)CC[C@]4(C)[C@H]3CC[C@]12C)C(C)C. The molecule has 4 aliphatic rings. The molecule has 3 heteroatoms. The predicted octanol–water partition coefficient (Wildman–Crippen LogP) is 10.3. The van der Waals surface area contributed by atoms with E-state index in [-0.39, 0.29) is 12.1 Å². The fourth-order valence-electron chi connectivity index (χ4n) is 9.70. The van der Waals surface area contributed by atoms with Crippen LogP contribution < -0.4 is 0 Å². The van der Waals surface area contributed by atoms with Crippen LogP contribution in [-0.2, 0) is 9.53 Å². The molecule has 0 aromatic carbocycles. The van der Waals surface area contributed by atoms with Gasteiger partial charge >= 0.3 is 5.97 Å². The first-order valence-corrected chi connectivity index (χ1v) is 17.4. The van der Waals surface area contributed by atoms with Crippen molar-refractivity contribution in [3.05, 3.63) is 23.8 Å². The molecule has 0 aliphatic heterocycles. The van der Waals surface area contributed by atoms with Gasteiger partial charge in [-0.15, -0.1) is 0 Å². The molecule has 9 atom stereocenters. The number of alkyl halides is 1. The van der Waals surface area contributed by atoms with Crippen LogP contribution in [0.1, 0.15) is 125 Å². The zero-order chi connectivity index (χ0) is 27.5. The van der Waals surface area contributed by atoms with Crippen LogP contribution in [0.4, 0.5) is 0 Å². The minimum atomic E-state index is 0.0229. The van der Waals surface area contributed by atoms with Crippen molar-refractivity contribution < 1.29 is 9.53 Å². The normalized spacial score (nSPS) is 38.3. The minimum Gasteiger partial charge on any atom is -0.462 e. The molecule has 0 aromatic rings. The van der Waals surface area contributed by atoms with E-state index in [4.69, 9.17) is 4.74 Å². The number of ether oxygens (including phenoxy) is 1. The van der Waals surface area contributed by atoms with Crippen LogP contribution in [0.3, 0.4) is 0 Å². The van der Waals surface area contributed by atoms with Crippen LogP contribution in [0.5, 0.6) is 0 Å². The number of esters is 1. The molecular formula is C35H57BrO2. The summed E-state index contributed by atoms with van der Waals surface area (Å²) in [4.78, 5) is 12.5. The van der Waals surface area contributed by atoms with Crippen molar-refractivity contribution >= 4 is 21.9 Å². The molecule has 0 amide bonds. The Labute approximate surface area is 243 Å². The second-order valence-corrected chi connectivity index (χ2v) is 15.2. The second-order valence-electron chi connectivity index (χ2n) is 14.4. The third-order valence-electron chi connectivity index (χ3n) is 12.1. The molecule has 3 fully saturated rings. The van der Waals surface area contributed by atoms with E-state index < -0.39 is 0 Å². The van der Waals surface area contributed by atoms with E-state index in [1.54, 1.807) is 5.57 Å². The van der Waals surface area contributed by atoms with Crippen LogP contribution in [0.2, 0.25) is 0 Å². The van der Waals surface area contributed by atoms with E-state index in [2.05, 4.69) is 75.7 Å². The molecule has 4 aliphatic carbocycles. The number of hydrogen-bond acceptors (Lipinski definition) is 2. The first-order valence-electron chi connectivity index (χ1n) is 16.3. The number of allylic oxidation sites excluding steroid dienone is 3. The highest BCUT2D eigenvalue weighted by Gasteiger charge is 2.59. The summed E-state index contributed by atoms with van der Waals surface area (Å²) in [6.45, 7) is 14.8. The Morgan fingerprint density at radius 3 is 2.55 bits per heavy atom. The van der Waals surface area contributed by atoms with Gasteiger partial charge in [-0.1, -0.05) is 87.7 Å². The summed E-state index contributed by atoms with van der Waals surface area (Å²) in [5.74, 6) is 5.52. The number of unbranched alkanes of at least 4 members (excludes halogenated alkanes) is 2. The Balaban J connectivity index is 1.39. The maximum Gasteiger partial charge on any atom is 0.306 e. The molecule has 0 heterocycles. The van der Waals surface area contributed by atoms with E-state index in [0.29, 0.717) is 29.1 Å². The van der Waals surface area contributed by atoms with Crippen LogP contribution in [0.15, 0.2) is 23.8 Å². The third-order valence-corrected chi connectivity index (χ3v) is 12.6. The average Bonchev–Trinajstić information content (AvgIpc) is 3.24. The van der Waals surface area contributed by atoms with E-state index in [0.717, 1.165) is 67.0 Å². The molecule has 2 nitrogen and oxygen atoms in total. The number of carbonyl (C=O) groups excluding carboxylic acids is 1. The van der Waals surface area contributed by atoms with E-state index in [1.807, 2.05) is 0 Å². The van der Waals surface area contributed by atoms with Gasteiger partial charge in [0.1, 0.15) is 6.10 Å². The summed E-state index contributed by atoms with van der Waals surface area (Å²) in [7, 11) is 0. The van der Waals surface area contributed by atoms with Crippen molar-refractivity contribution in [1.29, 1.82) is 0 Å². The monoisotopic (exact) mass is 588 g/mol. The van der Waals surface area contributed by atoms with Gasteiger partial charge in [-0.3, -0.25) is 4.79 Å². The zero-order valence-electron chi connectivity index (χ0n) is 25.4. The fraction of sp³-hybridized carbons (Fsp3) is 0.857. The summed E-state index contributed by atoms with van der Waals surface area (Å²) in [6.07, 6.45) is 23.0. The average molecular weight is 590 g/mol. The summed E-state index contributed by atoms with van der Waals surface area (Å²) >= 11 is 3.48. The third kappa shape index (κ3) is 6.18. The molecule has 0 N–H and O–H groups in total. The lowest BCUT2D eigenvalue weighted by molar-refractivity contribution is -0.151. The number of fused-ring (bicyclic) bond motifs is 5. The quantitative estimate of drug-likeness (QED) is 0.104. The number of halogens is 1. The van der Waals surface area contributed by atoms with Gasteiger partial charge in [0.25, 0.3) is 0 Å². The van der Waals surface area contributed by atoms with Crippen molar-refractivity contribution in [2.75, 3.05) is 5.33 Å². The molecule has 0 saturated heterocycles. The highest BCUT2D eigenvalue weighted by Crippen LogP contribution is 2.67. The van der Waals surface area contributed by atoms with Crippen molar-refractivity contribution in [2.45, 2.75) is 131 Å². The zero-order valence-corrected chi connectivity index (χ0v) is 27.0. The summed E-state index contributed by atoms with van der Waals surface area (Å²) in [6, 6.07) is 0. The lowest BCUT2D eigenvalue weighted by Gasteiger charge is -2.58. The maximum absolute atomic E-state index is 12.5. The molecule has 216 valence electrons. The summed E-state index contributed by atoms with van der Waals surface area (Å²) in [5, 5.41) is 1.02. The van der Waals surface area contributed by atoms with E-state index >= 15 is 0 Å². The topological polar surface area (TPSA) is 26.3 Å². The van der Waals surface area contributed by atoms with Crippen molar-refractivity contribution in [3.63, 3.8) is 0 Å². The molecule has 0 aromatic heterocycles. The van der Waals surface area contributed by atoms with Gasteiger partial charge in [0.15, 0.2) is 0 Å². The first kappa shape index (κ1) is 30.4. The van der Waals surface area contributed by atoms with Crippen molar-refractivity contribution in [2.24, 2.45) is 52.3 Å². The van der Waals surface area contributed by atoms with E-state index in [9.17, 15) is 4.79 Å². The van der Waals surface area contributed by atoms with Gasteiger partial charge in [0.05, 0.1) is 0 Å². The second kappa shape index (κ2) is 12.9. The highest BCUT2D eigenvalue weighted by atomic mass is 79.9. The lowest BCUT2D eigenvalue weighted by atomic mass is 9.47. The van der Waals surface area contributed by atoms with Crippen LogP contribution in [0.25, 0.3) is 0 Å². The minimum absolute atomic E-state index is 0.0229. The fourth-order valence-corrected chi connectivity index (χ4v) is 10.1. The van der Waals surface area contributed by atoms with Gasteiger partial charge in [0.2, 0.25) is 0 Å². The molecule has 0 unspecified atom stereocenters. The van der Waals surface area contributed by atoms with Crippen LogP contribution >= 0.6 is 15.9 Å². The van der Waals surface area contributed by atoms with Crippen LogP contribution in [-0.4, -0.2) is 17.4 Å². The predicted molar refractivity (Wildman–Crippen MR) is 164 cm³/mol. The smallest absolute Gasteiger partial charge is 0.306 e. The van der Waals surface area contributed by atoms with Crippen molar-refractivity contribution in [3.8, 4) is 0 Å². The van der Waals surface area contributed by atoms with Gasteiger partial charge < -0.3 is 4.74 Å². The Hall–Kier alpha value is -0.570. The lowest BCUT2D eigenvalue weighted by Crippen LogP contribution is -2.51.